The highest BCUT2D eigenvalue weighted by atomic mass is 16.5. The normalized spacial score (nSPS) is 12.2. The Labute approximate surface area is 169 Å². The molecule has 0 saturated carbocycles. The number of carbonyl (C=O) groups is 3. The molecule has 2 aromatic rings. The highest BCUT2D eigenvalue weighted by molar-refractivity contribution is 5.95. The number of carbonyl (C=O) groups excluding carboxylic acids is 3. The summed E-state index contributed by atoms with van der Waals surface area (Å²) < 4.78 is 15.5. The fourth-order valence-corrected chi connectivity index (χ4v) is 2.26. The van der Waals surface area contributed by atoms with Gasteiger partial charge in [-0.25, -0.2) is 4.79 Å². The van der Waals surface area contributed by atoms with Gasteiger partial charge in [0.25, 0.3) is 11.8 Å². The maximum atomic E-state index is 12.2. The van der Waals surface area contributed by atoms with Gasteiger partial charge < -0.3 is 24.8 Å². The lowest BCUT2D eigenvalue weighted by molar-refractivity contribution is -0.155. The van der Waals surface area contributed by atoms with Crippen LogP contribution in [0.25, 0.3) is 0 Å². The number of methoxy groups -OCH3 is 1. The summed E-state index contributed by atoms with van der Waals surface area (Å²) in [5.41, 5.74) is 0.540. The van der Waals surface area contributed by atoms with Crippen molar-refractivity contribution in [2.75, 3.05) is 19.0 Å². The molecular formula is C21H24N2O6. The van der Waals surface area contributed by atoms with Crippen LogP contribution < -0.4 is 20.1 Å². The molecule has 2 atom stereocenters. The van der Waals surface area contributed by atoms with Crippen LogP contribution in [0, 0.1) is 0 Å². The molecule has 2 rings (SSSR count). The van der Waals surface area contributed by atoms with Crippen LogP contribution in [0.4, 0.5) is 5.69 Å². The third-order valence-corrected chi connectivity index (χ3v) is 3.86. The standard InChI is InChI=1S/C21H24N2O6/c1-14(22-19(24)13-28-18-7-5-4-6-8-18)21(26)29-15(2)20(25)23-16-9-11-17(27-3)12-10-16/h4-12,14-15H,13H2,1-3H3,(H,22,24)(H,23,25)/t14-,15-/m0/s1. The number of hydrogen-bond donors (Lipinski definition) is 2. The minimum Gasteiger partial charge on any atom is -0.497 e. The van der Waals surface area contributed by atoms with E-state index in [1.165, 1.54) is 13.8 Å². The first kappa shape index (κ1) is 21.7. The van der Waals surface area contributed by atoms with E-state index in [1.54, 1.807) is 55.6 Å². The quantitative estimate of drug-likeness (QED) is 0.625. The molecule has 154 valence electrons. The van der Waals surface area contributed by atoms with Crippen molar-refractivity contribution in [3.8, 4) is 11.5 Å². The molecule has 29 heavy (non-hydrogen) atoms. The third kappa shape index (κ3) is 7.17. The topological polar surface area (TPSA) is 103 Å². The lowest BCUT2D eigenvalue weighted by Crippen LogP contribution is -2.44. The first-order valence-corrected chi connectivity index (χ1v) is 9.01. The van der Waals surface area contributed by atoms with E-state index in [4.69, 9.17) is 14.2 Å². The van der Waals surface area contributed by atoms with Crippen LogP contribution in [-0.4, -0.2) is 43.6 Å². The highest BCUT2D eigenvalue weighted by Crippen LogP contribution is 2.15. The van der Waals surface area contributed by atoms with Crippen molar-refractivity contribution in [2.24, 2.45) is 0 Å². The predicted octanol–water partition coefficient (Wildman–Crippen LogP) is 2.15. The summed E-state index contributed by atoms with van der Waals surface area (Å²) in [5, 5.41) is 5.11. The molecule has 0 aliphatic heterocycles. The van der Waals surface area contributed by atoms with Crippen LogP contribution in [0.5, 0.6) is 11.5 Å². The van der Waals surface area contributed by atoms with Gasteiger partial charge in [0, 0.05) is 5.69 Å². The van der Waals surface area contributed by atoms with Crippen molar-refractivity contribution >= 4 is 23.5 Å². The van der Waals surface area contributed by atoms with Crippen LogP contribution in [0.2, 0.25) is 0 Å². The van der Waals surface area contributed by atoms with E-state index in [0.29, 0.717) is 17.2 Å². The minimum atomic E-state index is -1.04. The second-order valence-electron chi connectivity index (χ2n) is 6.19. The summed E-state index contributed by atoms with van der Waals surface area (Å²) in [5.74, 6) is -0.497. The zero-order valence-electron chi connectivity index (χ0n) is 16.5. The molecule has 0 unspecified atom stereocenters. The molecule has 0 heterocycles. The molecule has 0 aliphatic rings. The maximum absolute atomic E-state index is 12.2. The van der Waals surface area contributed by atoms with Gasteiger partial charge in [-0.3, -0.25) is 9.59 Å². The lowest BCUT2D eigenvalue weighted by atomic mass is 10.2. The molecule has 0 saturated heterocycles. The number of hydrogen-bond acceptors (Lipinski definition) is 6. The fraction of sp³-hybridized carbons (Fsp3) is 0.286. The van der Waals surface area contributed by atoms with E-state index >= 15 is 0 Å². The number of rotatable bonds is 9. The largest absolute Gasteiger partial charge is 0.497 e. The highest BCUT2D eigenvalue weighted by Gasteiger charge is 2.23. The number of benzene rings is 2. The van der Waals surface area contributed by atoms with E-state index in [9.17, 15) is 14.4 Å². The molecule has 8 nitrogen and oxygen atoms in total. The van der Waals surface area contributed by atoms with Gasteiger partial charge in [-0.1, -0.05) is 18.2 Å². The SMILES string of the molecule is COc1ccc(NC(=O)[C@H](C)OC(=O)[C@H](C)NC(=O)COc2ccccc2)cc1. The predicted molar refractivity (Wildman–Crippen MR) is 107 cm³/mol. The van der Waals surface area contributed by atoms with E-state index in [0.717, 1.165) is 0 Å². The van der Waals surface area contributed by atoms with Crippen LogP contribution >= 0.6 is 0 Å². The van der Waals surface area contributed by atoms with Gasteiger partial charge in [0.2, 0.25) is 0 Å². The van der Waals surface area contributed by atoms with Crippen molar-refractivity contribution in [3.63, 3.8) is 0 Å². The first-order valence-electron chi connectivity index (χ1n) is 9.01. The summed E-state index contributed by atoms with van der Waals surface area (Å²) in [7, 11) is 1.54. The smallest absolute Gasteiger partial charge is 0.329 e. The number of para-hydroxylation sites is 1. The third-order valence-electron chi connectivity index (χ3n) is 3.86. The molecular weight excluding hydrogens is 376 g/mol. The van der Waals surface area contributed by atoms with Crippen molar-refractivity contribution in [1.82, 2.24) is 5.32 Å². The minimum absolute atomic E-state index is 0.241. The van der Waals surface area contributed by atoms with Gasteiger partial charge in [0.05, 0.1) is 7.11 Å². The zero-order valence-corrected chi connectivity index (χ0v) is 16.5. The van der Waals surface area contributed by atoms with Crippen LogP contribution in [0.3, 0.4) is 0 Å². The second kappa shape index (κ2) is 10.7. The van der Waals surface area contributed by atoms with E-state index in [-0.39, 0.29) is 6.61 Å². The number of esters is 1. The van der Waals surface area contributed by atoms with Crippen molar-refractivity contribution < 1.29 is 28.6 Å². The average Bonchev–Trinajstić information content (AvgIpc) is 2.73. The Kier molecular flexibility index (Phi) is 8.02. The molecule has 0 bridgehead atoms. The molecule has 0 spiro atoms. The second-order valence-corrected chi connectivity index (χ2v) is 6.19. The average molecular weight is 400 g/mol. The van der Waals surface area contributed by atoms with Crippen molar-refractivity contribution in [1.29, 1.82) is 0 Å². The van der Waals surface area contributed by atoms with Gasteiger partial charge in [-0.15, -0.1) is 0 Å². The Bertz CT molecular complexity index is 823. The number of nitrogens with one attached hydrogen (secondary N) is 2. The van der Waals surface area contributed by atoms with Gasteiger partial charge >= 0.3 is 5.97 Å². The Balaban J connectivity index is 1.76. The van der Waals surface area contributed by atoms with E-state index in [1.807, 2.05) is 6.07 Å². The van der Waals surface area contributed by atoms with E-state index in [2.05, 4.69) is 10.6 Å². The van der Waals surface area contributed by atoms with Crippen LogP contribution in [0.15, 0.2) is 54.6 Å². The molecule has 0 aromatic heterocycles. The molecule has 2 aromatic carbocycles. The van der Waals surface area contributed by atoms with Gasteiger partial charge in [-0.2, -0.15) is 0 Å². The molecule has 8 heteroatoms. The molecule has 2 N–H and O–H groups in total. The molecule has 0 radical (unpaired) electrons. The summed E-state index contributed by atoms with van der Waals surface area (Å²) in [6.07, 6.45) is -1.04. The van der Waals surface area contributed by atoms with Crippen molar-refractivity contribution in [3.05, 3.63) is 54.6 Å². The molecule has 0 fully saturated rings. The van der Waals surface area contributed by atoms with Crippen LogP contribution in [-0.2, 0) is 19.1 Å². The van der Waals surface area contributed by atoms with E-state index < -0.39 is 29.9 Å². The van der Waals surface area contributed by atoms with Gasteiger partial charge in [-0.05, 0) is 50.2 Å². The Morgan fingerprint density at radius 1 is 0.931 bits per heavy atom. The Morgan fingerprint density at radius 2 is 1.59 bits per heavy atom. The fourth-order valence-electron chi connectivity index (χ4n) is 2.26. The van der Waals surface area contributed by atoms with Crippen molar-refractivity contribution in [2.45, 2.75) is 26.0 Å². The number of amides is 2. The number of anilines is 1. The first-order chi connectivity index (χ1) is 13.9. The summed E-state index contributed by atoms with van der Waals surface area (Å²) >= 11 is 0. The molecule has 0 aliphatic carbocycles. The zero-order chi connectivity index (χ0) is 21.2. The Hall–Kier alpha value is -3.55. The summed E-state index contributed by atoms with van der Waals surface area (Å²) in [6, 6.07) is 14.6. The van der Waals surface area contributed by atoms with Crippen LogP contribution in [0.1, 0.15) is 13.8 Å². The summed E-state index contributed by atoms with van der Waals surface area (Å²) in [6.45, 7) is 2.68. The van der Waals surface area contributed by atoms with Gasteiger partial charge in [0.1, 0.15) is 17.5 Å². The monoisotopic (exact) mass is 400 g/mol. The summed E-state index contributed by atoms with van der Waals surface area (Å²) in [4.78, 5) is 36.2. The lowest BCUT2D eigenvalue weighted by Gasteiger charge is -2.17. The van der Waals surface area contributed by atoms with Gasteiger partial charge in [0.15, 0.2) is 12.7 Å². The Morgan fingerprint density at radius 3 is 2.21 bits per heavy atom. The number of ether oxygens (including phenoxy) is 3. The molecule has 2 amide bonds. The maximum Gasteiger partial charge on any atom is 0.329 e.